The number of phenols is 1. The first-order chi connectivity index (χ1) is 15.6. The summed E-state index contributed by atoms with van der Waals surface area (Å²) in [6.45, 7) is 6.00. The van der Waals surface area contributed by atoms with Gasteiger partial charge in [-0.3, -0.25) is 4.79 Å². The summed E-state index contributed by atoms with van der Waals surface area (Å²) in [6.07, 6.45) is -5.07. The van der Waals surface area contributed by atoms with E-state index in [9.17, 15) is 27.9 Å². The van der Waals surface area contributed by atoms with Gasteiger partial charge in [0.05, 0.1) is 12.8 Å². The van der Waals surface area contributed by atoms with Gasteiger partial charge in [0.2, 0.25) is 0 Å². The van der Waals surface area contributed by atoms with E-state index in [4.69, 9.17) is 4.74 Å². The van der Waals surface area contributed by atoms with Crippen LogP contribution in [0.2, 0.25) is 0 Å². The fraction of sp³-hybridized carbons (Fsp3) is 0.364. The van der Waals surface area contributed by atoms with Gasteiger partial charge in [-0.1, -0.05) is 32.0 Å². The lowest BCUT2D eigenvalue weighted by Gasteiger charge is -2.21. The number of likely N-dealkylation sites (N-methyl/N-ethyl adjacent to an activating group) is 1. The van der Waals surface area contributed by atoms with Crippen LogP contribution < -0.4 is 20.7 Å². The molecule has 0 aliphatic heterocycles. The van der Waals surface area contributed by atoms with Gasteiger partial charge in [0.15, 0.2) is 0 Å². The highest BCUT2D eigenvalue weighted by Crippen LogP contribution is 2.46. The molecule has 180 valence electrons. The average Bonchev–Trinajstić information content (AvgIpc) is 2.75. The number of rotatable bonds is 9. The minimum absolute atomic E-state index is 0.157. The number of hydrogen-bond acceptors (Lipinski definition) is 5. The van der Waals surface area contributed by atoms with Gasteiger partial charge in [-0.2, -0.15) is 13.2 Å². The molecule has 2 aromatic carbocycles. The van der Waals surface area contributed by atoms with E-state index in [2.05, 4.69) is 16.0 Å². The zero-order valence-electron chi connectivity index (χ0n) is 18.5. The summed E-state index contributed by atoms with van der Waals surface area (Å²) < 4.78 is 46.5. The molecular formula is C22H27F3N4O4. The topological polar surface area (TPSA) is 103 Å². The quantitative estimate of drug-likeness (QED) is 0.443. The van der Waals surface area contributed by atoms with Gasteiger partial charge in [0, 0.05) is 24.8 Å². The predicted octanol–water partition coefficient (Wildman–Crippen LogP) is 4.14. The molecule has 8 nitrogen and oxygen atoms in total. The van der Waals surface area contributed by atoms with Crippen LogP contribution in [0.15, 0.2) is 36.4 Å². The van der Waals surface area contributed by atoms with Crippen LogP contribution in [-0.2, 0) is 6.18 Å². The Morgan fingerprint density at radius 3 is 2.27 bits per heavy atom. The Morgan fingerprint density at radius 2 is 1.73 bits per heavy atom. The number of phenolic OH excluding ortho intramolecular Hbond substituents is 1. The van der Waals surface area contributed by atoms with Crippen LogP contribution in [-0.4, -0.2) is 55.2 Å². The molecule has 0 saturated heterocycles. The summed E-state index contributed by atoms with van der Waals surface area (Å²) >= 11 is 0. The largest absolute Gasteiger partial charge is 0.506 e. The smallest absolute Gasteiger partial charge is 0.421 e. The first kappa shape index (κ1) is 25.8. The molecule has 0 unspecified atom stereocenters. The Kier molecular flexibility index (Phi) is 8.92. The Balaban J connectivity index is 2.36. The molecule has 11 heteroatoms. The highest BCUT2D eigenvalue weighted by molar-refractivity contribution is 6.04. The lowest BCUT2D eigenvalue weighted by atomic mass is 10.0. The van der Waals surface area contributed by atoms with E-state index in [1.165, 1.54) is 0 Å². The number of urea groups is 1. The first-order valence-electron chi connectivity index (χ1n) is 10.3. The number of carbonyl (C=O) groups excluding carboxylic acids is 2. The second kappa shape index (κ2) is 11.4. The van der Waals surface area contributed by atoms with Gasteiger partial charge in [-0.15, -0.1) is 0 Å². The van der Waals surface area contributed by atoms with Crippen molar-refractivity contribution in [2.75, 3.05) is 43.9 Å². The van der Waals surface area contributed by atoms with Crippen molar-refractivity contribution in [3.8, 4) is 11.5 Å². The third-order valence-electron chi connectivity index (χ3n) is 4.88. The molecule has 2 rings (SSSR count). The van der Waals surface area contributed by atoms with Crippen molar-refractivity contribution >= 4 is 23.3 Å². The fourth-order valence-electron chi connectivity index (χ4n) is 3.17. The number of ether oxygens (including phenoxy) is 1. The minimum atomic E-state index is -5.07. The van der Waals surface area contributed by atoms with Gasteiger partial charge in [-0.05, 0) is 25.2 Å². The zero-order valence-corrected chi connectivity index (χ0v) is 18.5. The maximum Gasteiger partial charge on any atom is 0.421 e. The number of hydrogen-bond donors (Lipinski definition) is 4. The van der Waals surface area contributed by atoms with Crippen molar-refractivity contribution < 1.29 is 32.6 Å². The lowest BCUT2D eigenvalue weighted by molar-refractivity contribution is -0.138. The standard InChI is InChI=1S/C22H27F3N4O4/c1-4-29(5-2)12-11-26-20(31)17-16(33-3)13-15(18(19(17)30)22(23,24)25)28-21(32)27-14-9-7-6-8-10-14/h6-10,13,30H,4-5,11-12H2,1-3H3,(H,26,31)(H2,27,28,32). The van der Waals surface area contributed by atoms with E-state index in [1.807, 2.05) is 18.7 Å². The Morgan fingerprint density at radius 1 is 1.09 bits per heavy atom. The number of amides is 3. The summed E-state index contributed by atoms with van der Waals surface area (Å²) in [5.74, 6) is -2.59. The van der Waals surface area contributed by atoms with E-state index in [-0.39, 0.29) is 12.3 Å². The Labute approximate surface area is 189 Å². The number of methoxy groups -OCH3 is 1. The number of carbonyl (C=O) groups is 2. The van der Waals surface area contributed by atoms with Crippen molar-refractivity contribution in [2.24, 2.45) is 0 Å². The number of alkyl halides is 3. The average molecular weight is 468 g/mol. The van der Waals surface area contributed by atoms with Crippen molar-refractivity contribution in [1.82, 2.24) is 10.2 Å². The molecule has 3 amide bonds. The molecule has 0 aliphatic carbocycles. The maximum absolute atomic E-state index is 13.8. The molecular weight excluding hydrogens is 441 g/mol. The van der Waals surface area contributed by atoms with Crippen LogP contribution in [0.1, 0.15) is 29.8 Å². The van der Waals surface area contributed by atoms with E-state index in [0.29, 0.717) is 12.2 Å². The van der Waals surface area contributed by atoms with Gasteiger partial charge in [0.1, 0.15) is 22.6 Å². The highest BCUT2D eigenvalue weighted by atomic mass is 19.4. The van der Waals surface area contributed by atoms with Crippen LogP contribution in [0.4, 0.5) is 29.3 Å². The van der Waals surface area contributed by atoms with E-state index >= 15 is 0 Å². The number of para-hydroxylation sites is 1. The predicted molar refractivity (Wildman–Crippen MR) is 119 cm³/mol. The van der Waals surface area contributed by atoms with Gasteiger partial charge < -0.3 is 30.7 Å². The number of aromatic hydroxyl groups is 1. The number of benzene rings is 2. The second-order valence-corrected chi connectivity index (χ2v) is 6.95. The number of anilines is 2. The van der Waals surface area contributed by atoms with Crippen molar-refractivity contribution in [3.63, 3.8) is 0 Å². The van der Waals surface area contributed by atoms with Crippen molar-refractivity contribution in [3.05, 3.63) is 47.5 Å². The summed E-state index contributed by atoms with van der Waals surface area (Å²) in [5.41, 5.74) is -2.63. The SMILES string of the molecule is CCN(CC)CCNC(=O)c1c(OC)cc(NC(=O)Nc2ccccc2)c(C(F)(F)F)c1O. The molecule has 0 heterocycles. The van der Waals surface area contributed by atoms with Crippen molar-refractivity contribution in [1.29, 1.82) is 0 Å². The van der Waals surface area contributed by atoms with Crippen LogP contribution >= 0.6 is 0 Å². The molecule has 0 aliphatic rings. The number of halogens is 3. The maximum atomic E-state index is 13.8. The third kappa shape index (κ3) is 6.75. The lowest BCUT2D eigenvalue weighted by Crippen LogP contribution is -2.35. The van der Waals surface area contributed by atoms with Gasteiger partial charge in [0.25, 0.3) is 5.91 Å². The van der Waals surface area contributed by atoms with Crippen LogP contribution in [0.3, 0.4) is 0 Å². The first-order valence-corrected chi connectivity index (χ1v) is 10.3. The highest BCUT2D eigenvalue weighted by Gasteiger charge is 2.40. The number of nitrogens with zero attached hydrogens (tertiary/aromatic N) is 1. The minimum Gasteiger partial charge on any atom is -0.506 e. The Bertz CT molecular complexity index is 964. The summed E-state index contributed by atoms with van der Waals surface area (Å²) in [6, 6.07) is 7.97. The van der Waals surface area contributed by atoms with E-state index in [1.54, 1.807) is 30.3 Å². The van der Waals surface area contributed by atoms with E-state index < -0.39 is 40.7 Å². The molecule has 4 N–H and O–H groups in total. The number of nitrogens with one attached hydrogen (secondary N) is 3. The summed E-state index contributed by atoms with van der Waals surface area (Å²) in [5, 5.41) is 17.4. The molecule has 0 fully saturated rings. The molecule has 0 bridgehead atoms. The summed E-state index contributed by atoms with van der Waals surface area (Å²) in [4.78, 5) is 26.9. The molecule has 0 spiro atoms. The molecule has 0 atom stereocenters. The molecule has 0 saturated carbocycles. The molecule has 0 radical (unpaired) electrons. The third-order valence-corrected chi connectivity index (χ3v) is 4.88. The second-order valence-electron chi connectivity index (χ2n) is 6.95. The Hall–Kier alpha value is -3.47. The van der Waals surface area contributed by atoms with Crippen LogP contribution in [0.5, 0.6) is 11.5 Å². The van der Waals surface area contributed by atoms with Crippen molar-refractivity contribution in [2.45, 2.75) is 20.0 Å². The molecule has 0 aromatic heterocycles. The van der Waals surface area contributed by atoms with Crippen LogP contribution in [0, 0.1) is 0 Å². The fourth-order valence-corrected chi connectivity index (χ4v) is 3.17. The van der Waals surface area contributed by atoms with Crippen LogP contribution in [0.25, 0.3) is 0 Å². The monoisotopic (exact) mass is 468 g/mol. The normalized spacial score (nSPS) is 11.2. The summed E-state index contributed by atoms with van der Waals surface area (Å²) in [7, 11) is 1.14. The van der Waals surface area contributed by atoms with Gasteiger partial charge >= 0.3 is 12.2 Å². The zero-order chi connectivity index (χ0) is 24.6. The molecule has 33 heavy (non-hydrogen) atoms. The van der Waals surface area contributed by atoms with E-state index in [0.717, 1.165) is 26.3 Å². The van der Waals surface area contributed by atoms with Gasteiger partial charge in [-0.25, -0.2) is 4.79 Å². The molecule has 2 aromatic rings.